The Morgan fingerprint density at radius 2 is 2.00 bits per heavy atom. The van der Waals surface area contributed by atoms with Crippen LogP contribution in [0.5, 0.6) is 11.5 Å². The molecule has 0 unspecified atom stereocenters. The highest BCUT2D eigenvalue weighted by molar-refractivity contribution is 5.98. The first-order valence-corrected chi connectivity index (χ1v) is 8.01. The van der Waals surface area contributed by atoms with E-state index in [9.17, 15) is 9.90 Å². The lowest BCUT2D eigenvalue weighted by atomic mass is 9.95. The second kappa shape index (κ2) is 5.82. The molecular formula is C19H18N2O4. The Morgan fingerprint density at radius 3 is 2.84 bits per heavy atom. The topological polar surface area (TPSA) is 83.6 Å². The van der Waals surface area contributed by atoms with Crippen molar-refractivity contribution in [1.29, 1.82) is 0 Å². The summed E-state index contributed by atoms with van der Waals surface area (Å²) in [6, 6.07) is 14.7. The lowest BCUT2D eigenvalue weighted by Crippen LogP contribution is -2.38. The molecule has 1 aliphatic rings. The average molecular weight is 338 g/mol. The molecule has 2 heterocycles. The van der Waals surface area contributed by atoms with Crippen LogP contribution in [0.25, 0.3) is 10.9 Å². The Bertz CT molecular complexity index is 913. The monoisotopic (exact) mass is 338 g/mol. The summed E-state index contributed by atoms with van der Waals surface area (Å²) in [5, 5.41) is 14.5. The number of carbonyl (C=O) groups excluding carboxylic acids is 1. The van der Waals surface area contributed by atoms with Crippen LogP contribution in [0.2, 0.25) is 0 Å². The first-order valence-electron chi connectivity index (χ1n) is 8.01. The highest BCUT2D eigenvalue weighted by Gasteiger charge is 2.27. The van der Waals surface area contributed by atoms with Gasteiger partial charge in [-0.25, -0.2) is 0 Å². The third-order valence-corrected chi connectivity index (χ3v) is 4.36. The zero-order valence-corrected chi connectivity index (χ0v) is 13.7. The number of para-hydroxylation sites is 1. The minimum atomic E-state index is -1.23. The summed E-state index contributed by atoms with van der Waals surface area (Å²) in [6.45, 7) is 1.90. The van der Waals surface area contributed by atoms with Crippen molar-refractivity contribution in [2.45, 2.75) is 12.5 Å². The second-order valence-corrected chi connectivity index (χ2v) is 6.29. The Balaban J connectivity index is 1.48. The summed E-state index contributed by atoms with van der Waals surface area (Å²) in [4.78, 5) is 15.5. The van der Waals surface area contributed by atoms with E-state index in [1.165, 1.54) is 0 Å². The number of rotatable bonds is 4. The van der Waals surface area contributed by atoms with E-state index in [-0.39, 0.29) is 19.2 Å². The molecule has 3 aromatic rings. The number of amides is 1. The molecule has 0 radical (unpaired) electrons. The third kappa shape index (κ3) is 2.92. The van der Waals surface area contributed by atoms with Gasteiger partial charge in [0.1, 0.15) is 11.3 Å². The summed E-state index contributed by atoms with van der Waals surface area (Å²) in [5.74, 6) is 0.985. The van der Waals surface area contributed by atoms with E-state index >= 15 is 0 Å². The molecule has 1 amide bonds. The van der Waals surface area contributed by atoms with Crippen LogP contribution in [0.15, 0.2) is 48.5 Å². The Morgan fingerprint density at radius 1 is 1.20 bits per heavy atom. The normalized spacial score (nSPS) is 15.1. The number of ether oxygens (including phenoxy) is 2. The maximum absolute atomic E-state index is 12.4. The van der Waals surface area contributed by atoms with Crippen molar-refractivity contribution >= 4 is 16.8 Å². The number of carbonyl (C=O) groups is 1. The number of nitrogens with one attached hydrogen (secondary N) is 2. The van der Waals surface area contributed by atoms with Gasteiger partial charge in [-0.2, -0.15) is 0 Å². The van der Waals surface area contributed by atoms with Crippen molar-refractivity contribution < 1.29 is 19.4 Å². The molecule has 3 N–H and O–H groups in total. The van der Waals surface area contributed by atoms with Gasteiger partial charge in [-0.15, -0.1) is 0 Å². The van der Waals surface area contributed by atoms with E-state index in [0.29, 0.717) is 22.8 Å². The molecule has 128 valence electrons. The van der Waals surface area contributed by atoms with Crippen molar-refractivity contribution in [3.63, 3.8) is 0 Å². The third-order valence-electron chi connectivity index (χ3n) is 4.36. The molecule has 1 aliphatic heterocycles. The Kier molecular flexibility index (Phi) is 3.62. The van der Waals surface area contributed by atoms with Crippen LogP contribution >= 0.6 is 0 Å². The highest BCUT2D eigenvalue weighted by Crippen LogP contribution is 2.35. The molecule has 0 spiro atoms. The maximum atomic E-state index is 12.4. The number of hydrogen-bond donors (Lipinski definition) is 3. The van der Waals surface area contributed by atoms with Crippen molar-refractivity contribution in [2.24, 2.45) is 0 Å². The number of aromatic nitrogens is 1. The fourth-order valence-corrected chi connectivity index (χ4v) is 2.88. The molecule has 0 saturated carbocycles. The van der Waals surface area contributed by atoms with E-state index in [1.807, 2.05) is 24.3 Å². The predicted octanol–water partition coefficient (Wildman–Crippen LogP) is 2.53. The molecule has 6 nitrogen and oxygen atoms in total. The summed E-state index contributed by atoms with van der Waals surface area (Å²) >= 11 is 0. The van der Waals surface area contributed by atoms with Crippen molar-refractivity contribution in [1.82, 2.24) is 10.3 Å². The lowest BCUT2D eigenvalue weighted by Gasteiger charge is -2.24. The van der Waals surface area contributed by atoms with Gasteiger partial charge in [-0.1, -0.05) is 24.3 Å². The molecule has 0 saturated heterocycles. The van der Waals surface area contributed by atoms with Gasteiger partial charge in [0.05, 0.1) is 6.54 Å². The van der Waals surface area contributed by atoms with Gasteiger partial charge in [-0.3, -0.25) is 4.79 Å². The largest absolute Gasteiger partial charge is 0.454 e. The van der Waals surface area contributed by atoms with E-state index in [1.54, 1.807) is 31.2 Å². The fourth-order valence-electron chi connectivity index (χ4n) is 2.88. The molecular weight excluding hydrogens is 320 g/mol. The van der Waals surface area contributed by atoms with Gasteiger partial charge in [0.2, 0.25) is 6.79 Å². The number of aliphatic hydroxyl groups is 1. The van der Waals surface area contributed by atoms with Crippen LogP contribution in [0.3, 0.4) is 0 Å². The first-order chi connectivity index (χ1) is 12.0. The molecule has 0 aliphatic carbocycles. The number of hydrogen-bond acceptors (Lipinski definition) is 4. The molecule has 1 atom stereocenters. The van der Waals surface area contributed by atoms with Crippen LogP contribution in [0.4, 0.5) is 0 Å². The van der Waals surface area contributed by atoms with Gasteiger partial charge >= 0.3 is 0 Å². The van der Waals surface area contributed by atoms with Crippen LogP contribution in [0.1, 0.15) is 23.0 Å². The highest BCUT2D eigenvalue weighted by atomic mass is 16.7. The van der Waals surface area contributed by atoms with E-state index in [0.717, 1.165) is 10.9 Å². The predicted molar refractivity (Wildman–Crippen MR) is 92.8 cm³/mol. The molecule has 6 heteroatoms. The molecule has 25 heavy (non-hydrogen) atoms. The van der Waals surface area contributed by atoms with E-state index in [2.05, 4.69) is 10.3 Å². The van der Waals surface area contributed by atoms with Crippen LogP contribution in [-0.2, 0) is 5.60 Å². The van der Waals surface area contributed by atoms with E-state index in [4.69, 9.17) is 9.47 Å². The van der Waals surface area contributed by atoms with Crippen molar-refractivity contribution in [3.8, 4) is 11.5 Å². The SMILES string of the molecule is C[C@](O)(CNC(=O)c1cc2ccccc2[nH]1)c1ccc2c(c1)OCO2. The molecule has 2 aromatic carbocycles. The summed E-state index contributed by atoms with van der Waals surface area (Å²) in [6.07, 6.45) is 0. The van der Waals surface area contributed by atoms with Gasteiger partial charge in [0, 0.05) is 10.9 Å². The first kappa shape index (κ1) is 15.5. The minimum absolute atomic E-state index is 0.0703. The van der Waals surface area contributed by atoms with Crippen LogP contribution < -0.4 is 14.8 Å². The number of benzene rings is 2. The fraction of sp³-hybridized carbons (Fsp3) is 0.211. The average Bonchev–Trinajstić information content (AvgIpc) is 3.25. The summed E-state index contributed by atoms with van der Waals surface area (Å²) in [5.41, 5.74) is 0.773. The minimum Gasteiger partial charge on any atom is -0.454 e. The molecule has 1 aromatic heterocycles. The quantitative estimate of drug-likeness (QED) is 0.683. The lowest BCUT2D eigenvalue weighted by molar-refractivity contribution is 0.0523. The van der Waals surface area contributed by atoms with Crippen molar-refractivity contribution in [3.05, 3.63) is 59.8 Å². The number of aromatic amines is 1. The van der Waals surface area contributed by atoms with Gasteiger partial charge in [0.25, 0.3) is 5.91 Å². The molecule has 0 bridgehead atoms. The molecule has 4 rings (SSSR count). The number of H-pyrrole nitrogens is 1. The smallest absolute Gasteiger partial charge is 0.267 e. The van der Waals surface area contributed by atoms with Gasteiger partial charge < -0.3 is 24.9 Å². The Hall–Kier alpha value is -2.99. The summed E-state index contributed by atoms with van der Waals surface area (Å²) < 4.78 is 10.6. The zero-order chi connectivity index (χ0) is 17.4. The van der Waals surface area contributed by atoms with Crippen LogP contribution in [-0.4, -0.2) is 29.3 Å². The van der Waals surface area contributed by atoms with Gasteiger partial charge in [-0.05, 0) is 36.8 Å². The number of fused-ring (bicyclic) bond motifs is 2. The van der Waals surface area contributed by atoms with Gasteiger partial charge in [0.15, 0.2) is 11.5 Å². The van der Waals surface area contributed by atoms with Crippen molar-refractivity contribution in [2.75, 3.05) is 13.3 Å². The maximum Gasteiger partial charge on any atom is 0.267 e. The Labute approximate surface area is 144 Å². The summed E-state index contributed by atoms with van der Waals surface area (Å²) in [7, 11) is 0. The van der Waals surface area contributed by atoms with E-state index < -0.39 is 5.60 Å². The second-order valence-electron chi connectivity index (χ2n) is 6.29. The zero-order valence-electron chi connectivity index (χ0n) is 13.7. The standard InChI is InChI=1S/C19H18N2O4/c1-19(23,13-6-7-16-17(9-13)25-11-24-16)10-20-18(22)15-8-12-4-2-3-5-14(12)21-15/h2-9,21,23H,10-11H2,1H3,(H,20,22)/t19-/m0/s1. The molecule has 0 fully saturated rings. The van der Waals surface area contributed by atoms with Crippen LogP contribution in [0, 0.1) is 0 Å².